The Hall–Kier alpha value is -3.20. The predicted molar refractivity (Wildman–Crippen MR) is 103 cm³/mol. The number of amides is 2. The van der Waals surface area contributed by atoms with E-state index in [0.717, 1.165) is 4.31 Å². The summed E-state index contributed by atoms with van der Waals surface area (Å²) in [7, 11) is -2.46. The van der Waals surface area contributed by atoms with E-state index in [-0.39, 0.29) is 28.3 Å². The van der Waals surface area contributed by atoms with Crippen LogP contribution in [0.3, 0.4) is 0 Å². The maximum Gasteiger partial charge on any atom is 0.339 e. The van der Waals surface area contributed by atoms with Gasteiger partial charge in [0, 0.05) is 5.56 Å². The molecule has 28 heavy (non-hydrogen) atoms. The van der Waals surface area contributed by atoms with Crippen molar-refractivity contribution in [2.75, 3.05) is 22.5 Å². The lowest BCUT2D eigenvalue weighted by Crippen LogP contribution is -2.30. The highest BCUT2D eigenvalue weighted by Crippen LogP contribution is 2.28. The van der Waals surface area contributed by atoms with Crippen molar-refractivity contribution < 1.29 is 27.5 Å². The second kappa shape index (κ2) is 7.43. The minimum Gasteiger partial charge on any atom is -0.465 e. The molecule has 0 saturated carbocycles. The van der Waals surface area contributed by atoms with E-state index in [4.69, 9.17) is 4.74 Å². The first-order valence-corrected chi connectivity index (χ1v) is 10.0. The van der Waals surface area contributed by atoms with Crippen LogP contribution in [0.1, 0.15) is 27.6 Å². The van der Waals surface area contributed by atoms with Crippen molar-refractivity contribution in [3.05, 3.63) is 59.7 Å². The Balaban J connectivity index is 1.82. The van der Waals surface area contributed by atoms with Crippen molar-refractivity contribution in [1.29, 1.82) is 0 Å². The van der Waals surface area contributed by atoms with Crippen LogP contribution in [-0.4, -0.2) is 39.1 Å². The lowest BCUT2D eigenvalue weighted by Gasteiger charge is -2.15. The summed E-state index contributed by atoms with van der Waals surface area (Å²) in [5, 5.41) is 2.62. The largest absolute Gasteiger partial charge is 0.465 e. The van der Waals surface area contributed by atoms with Gasteiger partial charge in [-0.25, -0.2) is 17.5 Å². The molecule has 1 saturated heterocycles. The van der Waals surface area contributed by atoms with Gasteiger partial charge in [0.05, 0.1) is 35.7 Å². The van der Waals surface area contributed by atoms with Crippen molar-refractivity contribution >= 4 is 39.2 Å². The molecule has 3 rings (SSSR count). The summed E-state index contributed by atoms with van der Waals surface area (Å²) in [6.45, 7) is 1.56. The number of esters is 1. The monoisotopic (exact) mass is 402 g/mol. The summed E-state index contributed by atoms with van der Waals surface area (Å²) < 4.78 is 29.8. The zero-order valence-corrected chi connectivity index (χ0v) is 16.0. The number of ether oxygens (including phenoxy) is 1. The van der Waals surface area contributed by atoms with Gasteiger partial charge in [-0.05, 0) is 36.4 Å². The van der Waals surface area contributed by atoms with Crippen LogP contribution in [0.2, 0.25) is 0 Å². The molecule has 2 aromatic carbocycles. The number of benzene rings is 2. The van der Waals surface area contributed by atoms with Gasteiger partial charge in [-0.15, -0.1) is 0 Å². The minimum atomic E-state index is -3.71. The summed E-state index contributed by atoms with van der Waals surface area (Å²) in [5.41, 5.74) is 0.911. The molecule has 0 spiro atoms. The summed E-state index contributed by atoms with van der Waals surface area (Å²) in [6.07, 6.45) is 0. The fourth-order valence-electron chi connectivity index (χ4n) is 2.91. The van der Waals surface area contributed by atoms with Crippen molar-refractivity contribution in [3.63, 3.8) is 0 Å². The molecule has 1 aliphatic rings. The number of methoxy groups -OCH3 is 1. The Morgan fingerprint density at radius 3 is 2.32 bits per heavy atom. The van der Waals surface area contributed by atoms with Crippen LogP contribution in [-0.2, 0) is 19.6 Å². The fourth-order valence-corrected chi connectivity index (χ4v) is 4.73. The van der Waals surface area contributed by atoms with Gasteiger partial charge in [0.15, 0.2) is 0 Å². The average Bonchev–Trinajstić information content (AvgIpc) is 2.88. The standard InChI is InChI=1S/C19H18N2O6S/c1-12-11-28(25,26)21(18(12)23)14-9-7-13(8-10-14)17(22)20-16-6-4-3-5-15(16)19(24)27-2/h3-10,12H,11H2,1-2H3,(H,20,22)/t12-/m1/s1. The number of hydrogen-bond acceptors (Lipinski definition) is 6. The van der Waals surface area contributed by atoms with Crippen molar-refractivity contribution in [1.82, 2.24) is 0 Å². The average molecular weight is 402 g/mol. The van der Waals surface area contributed by atoms with Gasteiger partial charge < -0.3 is 10.1 Å². The van der Waals surface area contributed by atoms with E-state index >= 15 is 0 Å². The van der Waals surface area contributed by atoms with E-state index in [1.807, 2.05) is 0 Å². The first kappa shape index (κ1) is 19.6. The van der Waals surface area contributed by atoms with Gasteiger partial charge >= 0.3 is 5.97 Å². The van der Waals surface area contributed by atoms with Crippen LogP contribution >= 0.6 is 0 Å². The van der Waals surface area contributed by atoms with Crippen LogP contribution in [0.4, 0.5) is 11.4 Å². The molecule has 1 heterocycles. The number of sulfonamides is 1. The van der Waals surface area contributed by atoms with E-state index in [9.17, 15) is 22.8 Å². The number of anilines is 2. The first-order chi connectivity index (χ1) is 13.2. The molecule has 146 valence electrons. The van der Waals surface area contributed by atoms with Crippen molar-refractivity contribution in [2.45, 2.75) is 6.92 Å². The molecule has 1 fully saturated rings. The maximum atomic E-state index is 12.5. The van der Waals surface area contributed by atoms with Crippen molar-refractivity contribution in [3.8, 4) is 0 Å². The maximum absolute atomic E-state index is 12.5. The van der Waals surface area contributed by atoms with Gasteiger partial charge in [0.1, 0.15) is 0 Å². The molecule has 2 aromatic rings. The molecule has 2 amide bonds. The van der Waals surface area contributed by atoms with Gasteiger partial charge in [-0.3, -0.25) is 9.59 Å². The Morgan fingerprint density at radius 1 is 1.11 bits per heavy atom. The Kier molecular flexibility index (Phi) is 5.19. The highest BCUT2D eigenvalue weighted by molar-refractivity contribution is 7.94. The minimum absolute atomic E-state index is 0.181. The van der Waals surface area contributed by atoms with Crippen LogP contribution in [0.25, 0.3) is 0 Å². The van der Waals surface area contributed by atoms with E-state index in [2.05, 4.69) is 5.32 Å². The second-order valence-corrected chi connectivity index (χ2v) is 8.18. The van der Waals surface area contributed by atoms with E-state index < -0.39 is 33.7 Å². The third kappa shape index (κ3) is 3.61. The van der Waals surface area contributed by atoms with Crippen LogP contribution in [0.5, 0.6) is 0 Å². The molecule has 1 N–H and O–H groups in total. The molecule has 1 aliphatic heterocycles. The number of rotatable bonds is 4. The van der Waals surface area contributed by atoms with Gasteiger partial charge in [0.2, 0.25) is 15.9 Å². The van der Waals surface area contributed by atoms with Gasteiger partial charge in [-0.2, -0.15) is 0 Å². The second-order valence-electron chi connectivity index (χ2n) is 6.32. The summed E-state index contributed by atoms with van der Waals surface area (Å²) >= 11 is 0. The molecule has 0 aliphatic carbocycles. The number of carbonyl (C=O) groups is 3. The van der Waals surface area contributed by atoms with E-state index in [0.29, 0.717) is 0 Å². The fraction of sp³-hybridized carbons (Fsp3) is 0.211. The molecule has 9 heteroatoms. The smallest absolute Gasteiger partial charge is 0.339 e. The van der Waals surface area contributed by atoms with Crippen LogP contribution < -0.4 is 9.62 Å². The number of para-hydroxylation sites is 1. The van der Waals surface area contributed by atoms with E-state index in [1.54, 1.807) is 25.1 Å². The van der Waals surface area contributed by atoms with Gasteiger partial charge in [0.25, 0.3) is 5.91 Å². The Labute approximate surface area is 162 Å². The molecule has 8 nitrogen and oxygen atoms in total. The summed E-state index contributed by atoms with van der Waals surface area (Å²) in [5.74, 6) is -2.42. The highest BCUT2D eigenvalue weighted by atomic mass is 32.2. The molecular weight excluding hydrogens is 384 g/mol. The Morgan fingerprint density at radius 2 is 1.75 bits per heavy atom. The highest BCUT2D eigenvalue weighted by Gasteiger charge is 2.41. The molecular formula is C19H18N2O6S. The zero-order chi connectivity index (χ0) is 20.5. The molecule has 0 bridgehead atoms. The molecule has 0 radical (unpaired) electrons. The van der Waals surface area contributed by atoms with Crippen molar-refractivity contribution in [2.24, 2.45) is 5.92 Å². The number of nitrogens with one attached hydrogen (secondary N) is 1. The lowest BCUT2D eigenvalue weighted by molar-refractivity contribution is -0.119. The molecule has 1 atom stereocenters. The van der Waals surface area contributed by atoms with E-state index in [1.165, 1.54) is 37.4 Å². The van der Waals surface area contributed by atoms with Gasteiger partial charge in [-0.1, -0.05) is 19.1 Å². The first-order valence-electron chi connectivity index (χ1n) is 8.40. The predicted octanol–water partition coefficient (Wildman–Crippen LogP) is 2.04. The topological polar surface area (TPSA) is 110 Å². The Bertz CT molecular complexity index is 1050. The number of carbonyl (C=O) groups excluding carboxylic acids is 3. The quantitative estimate of drug-likeness (QED) is 0.784. The van der Waals surface area contributed by atoms with Crippen LogP contribution in [0, 0.1) is 5.92 Å². The molecule has 0 unspecified atom stereocenters. The number of nitrogens with zero attached hydrogens (tertiary/aromatic N) is 1. The summed E-state index contributed by atoms with van der Waals surface area (Å²) in [6, 6.07) is 12.0. The lowest BCUT2D eigenvalue weighted by atomic mass is 10.1. The molecule has 0 aromatic heterocycles. The number of hydrogen-bond donors (Lipinski definition) is 1. The third-order valence-corrected chi connectivity index (χ3v) is 6.17. The zero-order valence-electron chi connectivity index (χ0n) is 15.2. The normalized spacial score (nSPS) is 18.0. The third-order valence-electron chi connectivity index (χ3n) is 4.31. The summed E-state index contributed by atoms with van der Waals surface area (Å²) in [4.78, 5) is 36.4. The van der Waals surface area contributed by atoms with Crippen LogP contribution in [0.15, 0.2) is 48.5 Å². The SMILES string of the molecule is COC(=O)c1ccccc1NC(=O)c1ccc(N2C(=O)[C@H](C)CS2(=O)=O)cc1.